The third-order valence-electron chi connectivity index (χ3n) is 4.53. The number of fused-ring (bicyclic) bond motifs is 1. The van der Waals surface area contributed by atoms with Crippen molar-refractivity contribution in [2.24, 2.45) is 0 Å². The normalized spacial score (nSPS) is 11.0. The van der Waals surface area contributed by atoms with Gasteiger partial charge in [-0.3, -0.25) is 4.79 Å². The molecular weight excluding hydrogens is 376 g/mol. The Labute approximate surface area is 167 Å². The van der Waals surface area contributed by atoms with Gasteiger partial charge < -0.3 is 10.1 Å². The van der Waals surface area contributed by atoms with Crippen LogP contribution in [0.1, 0.15) is 51.2 Å². The van der Waals surface area contributed by atoms with Crippen LogP contribution in [0.3, 0.4) is 0 Å². The van der Waals surface area contributed by atoms with Crippen LogP contribution in [0.2, 0.25) is 0 Å². The van der Waals surface area contributed by atoms with Gasteiger partial charge in [-0.1, -0.05) is 0 Å². The number of rotatable bonds is 6. The molecule has 0 saturated carbocycles. The summed E-state index contributed by atoms with van der Waals surface area (Å²) in [5.41, 5.74) is 5.47. The Hall–Kier alpha value is -2.74. The quantitative estimate of drug-likeness (QED) is 0.637. The predicted octanol–water partition coefficient (Wildman–Crippen LogP) is 3.77. The van der Waals surface area contributed by atoms with E-state index < -0.39 is 0 Å². The number of hydrogen-bond acceptors (Lipinski definition) is 6. The average Bonchev–Trinajstić information content (AvgIpc) is 3.17. The zero-order chi connectivity index (χ0) is 20.4. The van der Waals surface area contributed by atoms with E-state index in [0.717, 1.165) is 33.9 Å². The minimum absolute atomic E-state index is 0.104. The first kappa shape index (κ1) is 20.0. The first-order valence-electron chi connectivity index (χ1n) is 9.20. The standard InChI is InChI=1S/C20H24N4O3S/c1-6-27-20(26)19-11(2)9-18(28-19)22-17(25)8-7-15-13(4)21-16-10-12(3)23-24(16)14(15)5/h9-10H,6-8H2,1-5H3,(H,22,25). The van der Waals surface area contributed by atoms with Gasteiger partial charge in [-0.05, 0) is 58.2 Å². The minimum atomic E-state index is -0.356. The van der Waals surface area contributed by atoms with Crippen LogP contribution < -0.4 is 5.32 Å². The van der Waals surface area contributed by atoms with Gasteiger partial charge >= 0.3 is 5.97 Å². The number of carbonyl (C=O) groups is 2. The van der Waals surface area contributed by atoms with E-state index in [-0.39, 0.29) is 11.9 Å². The van der Waals surface area contributed by atoms with E-state index in [9.17, 15) is 9.59 Å². The lowest BCUT2D eigenvalue weighted by molar-refractivity contribution is -0.116. The van der Waals surface area contributed by atoms with Crippen LogP contribution in [-0.2, 0) is 16.0 Å². The number of anilines is 1. The molecule has 0 aliphatic carbocycles. The van der Waals surface area contributed by atoms with Crippen LogP contribution in [0, 0.1) is 27.7 Å². The Morgan fingerprint density at radius 1 is 1.21 bits per heavy atom. The number of aromatic nitrogens is 3. The molecule has 0 saturated heterocycles. The van der Waals surface area contributed by atoms with Crippen LogP contribution in [0.15, 0.2) is 12.1 Å². The highest BCUT2D eigenvalue weighted by Crippen LogP contribution is 2.27. The molecular formula is C20H24N4O3S. The molecule has 0 unspecified atom stereocenters. The largest absolute Gasteiger partial charge is 0.462 e. The number of carbonyl (C=O) groups excluding carboxylic acids is 2. The van der Waals surface area contributed by atoms with Crippen LogP contribution >= 0.6 is 11.3 Å². The summed E-state index contributed by atoms with van der Waals surface area (Å²) >= 11 is 1.24. The van der Waals surface area contributed by atoms with E-state index in [1.54, 1.807) is 13.0 Å². The van der Waals surface area contributed by atoms with Crippen molar-refractivity contribution < 1.29 is 14.3 Å². The van der Waals surface area contributed by atoms with E-state index in [2.05, 4.69) is 15.4 Å². The Morgan fingerprint density at radius 2 is 1.96 bits per heavy atom. The number of thiophene rings is 1. The van der Waals surface area contributed by atoms with E-state index in [4.69, 9.17) is 4.74 Å². The Bertz CT molecular complexity index is 1050. The first-order valence-corrected chi connectivity index (χ1v) is 10.0. The molecule has 1 N–H and O–H groups in total. The number of nitrogens with one attached hydrogen (secondary N) is 1. The second-order valence-electron chi connectivity index (χ2n) is 6.71. The number of nitrogens with zero attached hydrogens (tertiary/aromatic N) is 3. The molecule has 0 fully saturated rings. The number of aryl methyl sites for hydroxylation is 4. The second-order valence-corrected chi connectivity index (χ2v) is 7.76. The maximum atomic E-state index is 12.4. The Kier molecular flexibility index (Phi) is 5.79. The summed E-state index contributed by atoms with van der Waals surface area (Å²) in [6, 6.07) is 3.74. The van der Waals surface area contributed by atoms with Crippen molar-refractivity contribution in [2.45, 2.75) is 47.5 Å². The molecule has 0 aromatic carbocycles. The fourth-order valence-corrected chi connectivity index (χ4v) is 4.17. The van der Waals surface area contributed by atoms with Crippen LogP contribution in [0.4, 0.5) is 5.00 Å². The highest BCUT2D eigenvalue weighted by molar-refractivity contribution is 7.18. The fraction of sp³-hybridized carbons (Fsp3) is 0.400. The number of hydrogen-bond donors (Lipinski definition) is 1. The van der Waals surface area contributed by atoms with Gasteiger partial charge in [0, 0.05) is 23.9 Å². The molecule has 3 aromatic rings. The second kappa shape index (κ2) is 8.10. The summed E-state index contributed by atoms with van der Waals surface area (Å²) in [5.74, 6) is -0.460. The molecule has 0 atom stereocenters. The van der Waals surface area contributed by atoms with Crippen molar-refractivity contribution in [1.82, 2.24) is 14.6 Å². The molecule has 3 heterocycles. The molecule has 1 amide bonds. The lowest BCUT2D eigenvalue weighted by Crippen LogP contribution is -2.13. The summed E-state index contributed by atoms with van der Waals surface area (Å²) in [6.07, 6.45) is 0.890. The molecule has 3 rings (SSSR count). The lowest BCUT2D eigenvalue weighted by Gasteiger charge is -2.10. The van der Waals surface area contributed by atoms with Crippen molar-refractivity contribution in [3.05, 3.63) is 45.2 Å². The van der Waals surface area contributed by atoms with Gasteiger partial charge in [0.15, 0.2) is 5.65 Å². The van der Waals surface area contributed by atoms with Crippen LogP contribution in [-0.4, -0.2) is 33.1 Å². The summed E-state index contributed by atoms with van der Waals surface area (Å²) in [7, 11) is 0. The zero-order valence-corrected chi connectivity index (χ0v) is 17.6. The van der Waals surface area contributed by atoms with Gasteiger partial charge in [0.05, 0.1) is 17.3 Å². The van der Waals surface area contributed by atoms with E-state index in [1.165, 1.54) is 11.3 Å². The minimum Gasteiger partial charge on any atom is -0.462 e. The summed E-state index contributed by atoms with van der Waals surface area (Å²) in [4.78, 5) is 29.5. The van der Waals surface area contributed by atoms with Gasteiger partial charge in [0.1, 0.15) is 4.88 Å². The molecule has 0 radical (unpaired) electrons. The molecule has 0 aliphatic rings. The number of esters is 1. The summed E-state index contributed by atoms with van der Waals surface area (Å²) in [5, 5.41) is 7.99. The highest BCUT2D eigenvalue weighted by Gasteiger charge is 2.17. The fourth-order valence-electron chi connectivity index (χ4n) is 3.18. The van der Waals surface area contributed by atoms with E-state index in [1.807, 2.05) is 38.3 Å². The van der Waals surface area contributed by atoms with Crippen molar-refractivity contribution in [3.8, 4) is 0 Å². The predicted molar refractivity (Wildman–Crippen MR) is 109 cm³/mol. The van der Waals surface area contributed by atoms with Gasteiger partial charge in [0.2, 0.25) is 5.91 Å². The smallest absolute Gasteiger partial charge is 0.348 e. The topological polar surface area (TPSA) is 85.6 Å². The highest BCUT2D eigenvalue weighted by atomic mass is 32.1. The Morgan fingerprint density at radius 3 is 2.68 bits per heavy atom. The molecule has 0 aliphatic heterocycles. The monoisotopic (exact) mass is 400 g/mol. The van der Waals surface area contributed by atoms with E-state index in [0.29, 0.717) is 29.3 Å². The maximum absolute atomic E-state index is 12.4. The van der Waals surface area contributed by atoms with Gasteiger partial charge in [-0.25, -0.2) is 14.3 Å². The average molecular weight is 401 g/mol. The van der Waals surface area contributed by atoms with Crippen molar-refractivity contribution in [3.63, 3.8) is 0 Å². The van der Waals surface area contributed by atoms with Gasteiger partial charge in [0.25, 0.3) is 0 Å². The summed E-state index contributed by atoms with van der Waals surface area (Å²) < 4.78 is 6.86. The van der Waals surface area contributed by atoms with E-state index >= 15 is 0 Å². The molecule has 7 nitrogen and oxygen atoms in total. The number of amides is 1. The van der Waals surface area contributed by atoms with Crippen LogP contribution in [0.25, 0.3) is 5.65 Å². The SMILES string of the molecule is CCOC(=O)c1sc(NC(=O)CCc2c(C)nc3cc(C)nn3c2C)cc1C. The molecule has 3 aromatic heterocycles. The van der Waals surface area contributed by atoms with Crippen molar-refractivity contribution in [1.29, 1.82) is 0 Å². The van der Waals surface area contributed by atoms with Crippen LogP contribution in [0.5, 0.6) is 0 Å². The lowest BCUT2D eigenvalue weighted by atomic mass is 10.1. The third kappa shape index (κ3) is 4.06. The van der Waals surface area contributed by atoms with Crippen molar-refractivity contribution >= 4 is 33.9 Å². The number of ether oxygens (including phenoxy) is 1. The van der Waals surface area contributed by atoms with Crippen molar-refractivity contribution in [2.75, 3.05) is 11.9 Å². The van der Waals surface area contributed by atoms with Gasteiger partial charge in [-0.15, -0.1) is 11.3 Å². The molecule has 8 heteroatoms. The molecule has 0 spiro atoms. The first-order chi connectivity index (χ1) is 13.3. The molecule has 0 bridgehead atoms. The Balaban J connectivity index is 1.69. The molecule has 28 heavy (non-hydrogen) atoms. The molecule has 148 valence electrons. The third-order valence-corrected chi connectivity index (χ3v) is 5.66. The summed E-state index contributed by atoms with van der Waals surface area (Å²) in [6.45, 7) is 9.81. The van der Waals surface area contributed by atoms with Gasteiger partial charge in [-0.2, -0.15) is 5.10 Å². The zero-order valence-electron chi connectivity index (χ0n) is 16.8. The maximum Gasteiger partial charge on any atom is 0.348 e.